The molecule has 60 valence electrons. The molecule has 0 saturated carbocycles. The summed E-state index contributed by atoms with van der Waals surface area (Å²) in [6, 6.07) is 0. The Kier molecular flexibility index (Phi) is 1.26. The molecule has 6 nitrogen and oxygen atoms in total. The van der Waals surface area contributed by atoms with Crippen molar-refractivity contribution in [3.63, 3.8) is 0 Å². The number of carbonyl (C=O) groups is 1. The second-order valence-corrected chi connectivity index (χ2v) is 2.19. The van der Waals surface area contributed by atoms with Crippen LogP contribution in [0.3, 0.4) is 0 Å². The predicted molar refractivity (Wildman–Crippen MR) is 41.3 cm³/mol. The molecular weight excluding hydrogens is 158 g/mol. The third-order valence-electron chi connectivity index (χ3n) is 1.46. The van der Waals surface area contributed by atoms with Crippen LogP contribution in [0.4, 0.5) is 0 Å². The maximum Gasteiger partial charge on any atom is 1.00 e. The molecule has 2 heterocycles. The number of fused-ring (bicyclic) bond motifs is 1. The molecule has 0 aliphatic heterocycles. The molecule has 12 heavy (non-hydrogen) atoms. The quantitative estimate of drug-likeness (QED) is 0.597. The van der Waals surface area contributed by atoms with Crippen LogP contribution in [0.25, 0.3) is 11.2 Å². The molecule has 6 heteroatoms. The number of amides is 1. The number of carbonyl (C=O) groups excluding carboxylic acids is 1. The Bertz CT molecular complexity index is 439. The highest BCUT2D eigenvalue weighted by Gasteiger charge is 2.09. The minimum absolute atomic E-state index is 0. The van der Waals surface area contributed by atoms with Crippen molar-refractivity contribution >= 4 is 17.1 Å². The highest BCUT2D eigenvalue weighted by Crippen LogP contribution is 2.07. The van der Waals surface area contributed by atoms with Crippen LogP contribution in [-0.4, -0.2) is 25.8 Å². The number of primary amides is 1. The lowest BCUT2D eigenvalue weighted by Gasteiger charge is -1.93. The topological polar surface area (TPSA) is 97.6 Å². The van der Waals surface area contributed by atoms with Gasteiger partial charge in [-0.05, 0) is 0 Å². The lowest BCUT2D eigenvalue weighted by Crippen LogP contribution is -2.13. The summed E-state index contributed by atoms with van der Waals surface area (Å²) in [5, 5.41) is 0. The summed E-state index contributed by atoms with van der Waals surface area (Å²) in [6.07, 6.45) is 2.69. The van der Waals surface area contributed by atoms with E-state index in [1.165, 1.54) is 12.7 Å². The number of nitrogens with one attached hydrogen (secondary N) is 1. The molecule has 0 unspecified atom stereocenters. The van der Waals surface area contributed by atoms with Gasteiger partial charge >= 0.3 is 1.43 Å². The van der Waals surface area contributed by atoms with Gasteiger partial charge in [-0.1, -0.05) is 0 Å². The first kappa shape index (κ1) is 6.71. The number of H-pyrrole nitrogens is 1. The fourth-order valence-electron chi connectivity index (χ4n) is 0.952. The zero-order valence-electron chi connectivity index (χ0n) is 6.98. The minimum Gasteiger partial charge on any atom is -0.364 e. The third kappa shape index (κ3) is 0.815. The number of hydrogen-bond acceptors (Lipinski definition) is 4. The van der Waals surface area contributed by atoms with Gasteiger partial charge in [0.1, 0.15) is 11.8 Å². The number of nitrogens with zero attached hydrogens (tertiary/aromatic N) is 3. The SMILES string of the molecule is NC(=O)c1ncnc2nc[nH]c12.[H+]. The third-order valence-corrected chi connectivity index (χ3v) is 1.46. The Morgan fingerprint density at radius 3 is 3.08 bits per heavy atom. The molecular formula is C6H6N5O+. The first-order chi connectivity index (χ1) is 5.79. The van der Waals surface area contributed by atoms with Crippen molar-refractivity contribution in [2.75, 3.05) is 0 Å². The summed E-state index contributed by atoms with van der Waals surface area (Å²) in [6.45, 7) is 0. The molecule has 0 aromatic carbocycles. The maximum atomic E-state index is 10.8. The summed E-state index contributed by atoms with van der Waals surface area (Å²) < 4.78 is 0. The predicted octanol–water partition coefficient (Wildman–Crippen LogP) is -0.436. The Morgan fingerprint density at radius 1 is 1.50 bits per heavy atom. The van der Waals surface area contributed by atoms with Gasteiger partial charge in [0.05, 0.1) is 6.33 Å². The lowest BCUT2D eigenvalue weighted by molar-refractivity contribution is 0.0997. The van der Waals surface area contributed by atoms with Gasteiger partial charge in [-0.15, -0.1) is 0 Å². The summed E-state index contributed by atoms with van der Waals surface area (Å²) in [4.78, 5) is 24.9. The van der Waals surface area contributed by atoms with Gasteiger partial charge in [-0.3, -0.25) is 4.79 Å². The fraction of sp³-hybridized carbons (Fsp3) is 0. The number of hydrogen-bond donors (Lipinski definition) is 2. The van der Waals surface area contributed by atoms with Gasteiger partial charge in [0.2, 0.25) is 0 Å². The summed E-state index contributed by atoms with van der Waals surface area (Å²) in [7, 11) is 0. The molecule has 0 spiro atoms. The molecule has 2 aromatic heterocycles. The molecule has 0 aliphatic rings. The van der Waals surface area contributed by atoms with Crippen LogP contribution in [-0.2, 0) is 0 Å². The van der Waals surface area contributed by atoms with Crippen LogP contribution < -0.4 is 5.73 Å². The van der Waals surface area contributed by atoms with Gasteiger partial charge in [-0.25, -0.2) is 15.0 Å². The monoisotopic (exact) mass is 164 g/mol. The van der Waals surface area contributed by atoms with Crippen LogP contribution in [0.1, 0.15) is 11.9 Å². The van der Waals surface area contributed by atoms with Crippen molar-refractivity contribution in [2.24, 2.45) is 5.73 Å². The molecule has 3 N–H and O–H groups in total. The van der Waals surface area contributed by atoms with Crippen molar-refractivity contribution < 1.29 is 6.22 Å². The van der Waals surface area contributed by atoms with Crippen molar-refractivity contribution in [3.05, 3.63) is 18.3 Å². The molecule has 0 radical (unpaired) electrons. The Hall–Kier alpha value is -1.98. The molecule has 2 rings (SSSR count). The Labute approximate surface area is 68.3 Å². The molecule has 0 bridgehead atoms. The van der Waals surface area contributed by atoms with E-state index in [2.05, 4.69) is 19.9 Å². The van der Waals surface area contributed by atoms with E-state index in [9.17, 15) is 4.79 Å². The van der Waals surface area contributed by atoms with Crippen LogP contribution in [0.5, 0.6) is 0 Å². The molecule has 0 saturated heterocycles. The average molecular weight is 164 g/mol. The van der Waals surface area contributed by atoms with Gasteiger partial charge in [-0.2, -0.15) is 0 Å². The van der Waals surface area contributed by atoms with Gasteiger partial charge < -0.3 is 10.7 Å². The van der Waals surface area contributed by atoms with Crippen LogP contribution in [0.15, 0.2) is 12.7 Å². The van der Waals surface area contributed by atoms with Crippen LogP contribution in [0, 0.1) is 0 Å². The lowest BCUT2D eigenvalue weighted by atomic mass is 10.3. The van der Waals surface area contributed by atoms with E-state index < -0.39 is 5.91 Å². The fourth-order valence-corrected chi connectivity index (χ4v) is 0.952. The van der Waals surface area contributed by atoms with E-state index in [0.717, 1.165) is 0 Å². The second kappa shape index (κ2) is 2.26. The highest BCUT2D eigenvalue weighted by molar-refractivity contribution is 6.00. The normalized spacial score (nSPS) is 10.3. The van der Waals surface area contributed by atoms with E-state index in [4.69, 9.17) is 5.73 Å². The molecule has 1 amide bonds. The first-order valence-electron chi connectivity index (χ1n) is 3.23. The molecule has 0 fully saturated rings. The van der Waals surface area contributed by atoms with Crippen molar-refractivity contribution in [2.45, 2.75) is 0 Å². The largest absolute Gasteiger partial charge is 1.00 e. The Morgan fingerprint density at radius 2 is 2.33 bits per heavy atom. The Balaban J connectivity index is 0.000000845. The van der Waals surface area contributed by atoms with Gasteiger partial charge in [0.25, 0.3) is 5.91 Å². The number of rotatable bonds is 1. The molecule has 0 aliphatic carbocycles. The van der Waals surface area contributed by atoms with Crippen molar-refractivity contribution in [1.82, 2.24) is 19.9 Å². The number of imidazole rings is 1. The van der Waals surface area contributed by atoms with E-state index in [1.54, 1.807) is 0 Å². The summed E-state index contributed by atoms with van der Waals surface area (Å²) in [5.74, 6) is -0.591. The summed E-state index contributed by atoms with van der Waals surface area (Å²) >= 11 is 0. The van der Waals surface area contributed by atoms with Crippen LogP contribution in [0.2, 0.25) is 0 Å². The molecule has 0 atom stereocenters. The zero-order valence-corrected chi connectivity index (χ0v) is 5.98. The van der Waals surface area contributed by atoms with Crippen molar-refractivity contribution in [3.8, 4) is 0 Å². The highest BCUT2D eigenvalue weighted by atomic mass is 16.1. The first-order valence-corrected chi connectivity index (χ1v) is 3.23. The van der Waals surface area contributed by atoms with Crippen molar-refractivity contribution in [1.29, 1.82) is 0 Å². The second-order valence-electron chi connectivity index (χ2n) is 2.19. The number of aromatic nitrogens is 4. The number of aromatic amines is 1. The van der Waals surface area contributed by atoms with E-state index in [1.807, 2.05) is 0 Å². The smallest absolute Gasteiger partial charge is 0.364 e. The van der Waals surface area contributed by atoms with Crippen LogP contribution >= 0.6 is 0 Å². The van der Waals surface area contributed by atoms with E-state index in [0.29, 0.717) is 11.2 Å². The molecule has 2 aromatic rings. The zero-order chi connectivity index (χ0) is 8.55. The standard InChI is InChI=1S/C6H5N5O/c7-5(12)3-4-6(10-1-8-3)11-2-9-4/h1-2H,(H2,7,12)(H,8,9,10,11)/p+1. The van der Waals surface area contributed by atoms with E-state index >= 15 is 0 Å². The van der Waals surface area contributed by atoms with Gasteiger partial charge in [0, 0.05) is 0 Å². The number of nitrogens with two attached hydrogens (primary N) is 1. The minimum atomic E-state index is -0.591. The van der Waals surface area contributed by atoms with Gasteiger partial charge in [0.15, 0.2) is 11.3 Å². The average Bonchev–Trinajstić information content (AvgIpc) is 2.49. The maximum absolute atomic E-state index is 10.8. The van der Waals surface area contributed by atoms with E-state index in [-0.39, 0.29) is 7.12 Å². The summed E-state index contributed by atoms with van der Waals surface area (Å²) in [5.41, 5.74) is 6.15.